The Kier molecular flexibility index (Phi) is 3.29. The zero-order valence-electron chi connectivity index (χ0n) is 8.46. The van der Waals surface area contributed by atoms with E-state index in [4.69, 9.17) is 5.73 Å². The van der Waals surface area contributed by atoms with Crippen LogP contribution in [0.15, 0.2) is 60.8 Å². The molecule has 2 N–H and O–H groups in total. The van der Waals surface area contributed by atoms with E-state index in [0.717, 1.165) is 11.1 Å². The molecule has 0 fully saturated rings. The maximum Gasteiger partial charge on any atom is 0.0308 e. The maximum absolute atomic E-state index is 5.52. The van der Waals surface area contributed by atoms with Gasteiger partial charge in [0.15, 0.2) is 0 Å². The summed E-state index contributed by atoms with van der Waals surface area (Å²) in [6, 6.07) is 10.1. The van der Waals surface area contributed by atoms with E-state index >= 15 is 0 Å². The largest absolute Gasteiger partial charge is 0.399 e. The van der Waals surface area contributed by atoms with E-state index in [2.05, 4.69) is 25.3 Å². The van der Waals surface area contributed by atoms with Crippen LogP contribution in [0, 0.1) is 0 Å². The number of allylic oxidation sites excluding steroid dienone is 2. The SMILES string of the molecule is C=C(N)C(=C)/C=C(\C)c1ccccc1. The topological polar surface area (TPSA) is 26.0 Å². The van der Waals surface area contributed by atoms with Crippen molar-refractivity contribution in [3.63, 3.8) is 0 Å². The van der Waals surface area contributed by atoms with Crippen molar-refractivity contribution >= 4 is 5.57 Å². The van der Waals surface area contributed by atoms with Gasteiger partial charge in [-0.2, -0.15) is 0 Å². The monoisotopic (exact) mass is 185 g/mol. The lowest BCUT2D eigenvalue weighted by molar-refractivity contribution is 1.38. The van der Waals surface area contributed by atoms with E-state index in [0.29, 0.717) is 5.70 Å². The molecule has 1 aromatic rings. The molecule has 14 heavy (non-hydrogen) atoms. The Morgan fingerprint density at radius 2 is 1.79 bits per heavy atom. The van der Waals surface area contributed by atoms with Crippen LogP contribution in [0.25, 0.3) is 5.57 Å². The minimum atomic E-state index is 0.514. The molecule has 1 nitrogen and oxygen atoms in total. The summed E-state index contributed by atoms with van der Waals surface area (Å²) in [7, 11) is 0. The van der Waals surface area contributed by atoms with Crippen molar-refractivity contribution in [3.8, 4) is 0 Å². The van der Waals surface area contributed by atoms with Crippen LogP contribution in [0.1, 0.15) is 12.5 Å². The fourth-order valence-electron chi connectivity index (χ4n) is 1.14. The van der Waals surface area contributed by atoms with Crippen molar-refractivity contribution in [1.29, 1.82) is 0 Å². The first kappa shape index (κ1) is 10.3. The summed E-state index contributed by atoms with van der Waals surface area (Å²) < 4.78 is 0. The number of hydrogen-bond donors (Lipinski definition) is 1. The molecule has 72 valence electrons. The van der Waals surface area contributed by atoms with Gasteiger partial charge in [-0.3, -0.25) is 0 Å². The minimum Gasteiger partial charge on any atom is -0.399 e. The van der Waals surface area contributed by atoms with Gasteiger partial charge in [0.1, 0.15) is 0 Å². The van der Waals surface area contributed by atoms with Gasteiger partial charge in [-0.05, 0) is 23.6 Å². The molecule has 0 aliphatic rings. The fraction of sp³-hybridized carbons (Fsp3) is 0.0769. The molecule has 1 aromatic carbocycles. The van der Waals surface area contributed by atoms with Gasteiger partial charge in [0.05, 0.1) is 0 Å². The highest BCUT2D eigenvalue weighted by atomic mass is 14.6. The lowest BCUT2D eigenvalue weighted by Gasteiger charge is -2.03. The summed E-state index contributed by atoms with van der Waals surface area (Å²) in [4.78, 5) is 0. The molecular formula is C13H15N. The van der Waals surface area contributed by atoms with Crippen molar-refractivity contribution in [2.24, 2.45) is 5.73 Å². The van der Waals surface area contributed by atoms with Gasteiger partial charge in [-0.1, -0.05) is 49.6 Å². The molecule has 0 aliphatic heterocycles. The second-order valence-corrected chi connectivity index (χ2v) is 3.24. The molecule has 0 aromatic heterocycles. The molecule has 0 unspecified atom stereocenters. The summed E-state index contributed by atoms with van der Waals surface area (Å²) in [5.41, 5.74) is 9.12. The molecule has 0 saturated carbocycles. The van der Waals surface area contributed by atoms with E-state index in [1.807, 2.05) is 31.2 Å². The standard InChI is InChI=1S/C13H15N/c1-10(12(3)14)9-11(2)13-7-5-4-6-8-13/h4-9H,1,3,14H2,2H3/b11-9+. The quantitative estimate of drug-likeness (QED) is 0.719. The predicted octanol–water partition coefficient (Wildman–Crippen LogP) is 3.12. The lowest BCUT2D eigenvalue weighted by Crippen LogP contribution is -1.95. The predicted molar refractivity (Wildman–Crippen MR) is 62.6 cm³/mol. The Hall–Kier alpha value is -1.76. The highest BCUT2D eigenvalue weighted by molar-refractivity contribution is 5.67. The van der Waals surface area contributed by atoms with Crippen LogP contribution in [0.4, 0.5) is 0 Å². The van der Waals surface area contributed by atoms with Crippen LogP contribution >= 0.6 is 0 Å². The van der Waals surface area contributed by atoms with Crippen LogP contribution in [0.3, 0.4) is 0 Å². The summed E-state index contributed by atoms with van der Waals surface area (Å²) in [6.07, 6.45) is 1.94. The summed E-state index contributed by atoms with van der Waals surface area (Å²) in [5, 5.41) is 0. The normalized spacial score (nSPS) is 11.1. The lowest BCUT2D eigenvalue weighted by atomic mass is 10.0. The molecule has 1 rings (SSSR count). The zero-order chi connectivity index (χ0) is 10.6. The van der Waals surface area contributed by atoms with E-state index in [9.17, 15) is 0 Å². The molecule has 0 aliphatic carbocycles. The summed E-state index contributed by atoms with van der Waals surface area (Å²) in [5.74, 6) is 0. The molecule has 0 saturated heterocycles. The summed E-state index contributed by atoms with van der Waals surface area (Å²) in [6.45, 7) is 9.49. The molecule has 0 spiro atoms. The highest BCUT2D eigenvalue weighted by Crippen LogP contribution is 2.15. The van der Waals surface area contributed by atoms with Crippen molar-refractivity contribution < 1.29 is 0 Å². The van der Waals surface area contributed by atoms with Crippen molar-refractivity contribution in [1.82, 2.24) is 0 Å². The van der Waals surface area contributed by atoms with E-state index in [1.165, 1.54) is 5.56 Å². The van der Waals surface area contributed by atoms with Gasteiger partial charge in [0.25, 0.3) is 0 Å². The number of rotatable bonds is 3. The third-order valence-corrected chi connectivity index (χ3v) is 2.03. The Morgan fingerprint density at radius 3 is 2.29 bits per heavy atom. The average molecular weight is 185 g/mol. The first-order chi connectivity index (χ1) is 6.61. The van der Waals surface area contributed by atoms with Gasteiger partial charge >= 0.3 is 0 Å². The molecule has 0 heterocycles. The van der Waals surface area contributed by atoms with Crippen LogP contribution in [-0.4, -0.2) is 0 Å². The van der Waals surface area contributed by atoms with Gasteiger partial charge < -0.3 is 5.73 Å². The number of benzene rings is 1. The van der Waals surface area contributed by atoms with Crippen LogP contribution in [-0.2, 0) is 0 Å². The van der Waals surface area contributed by atoms with Gasteiger partial charge in [0, 0.05) is 5.70 Å². The third kappa shape index (κ3) is 2.63. The molecular weight excluding hydrogens is 170 g/mol. The van der Waals surface area contributed by atoms with Gasteiger partial charge in [-0.15, -0.1) is 0 Å². The van der Waals surface area contributed by atoms with E-state index in [-0.39, 0.29) is 0 Å². The van der Waals surface area contributed by atoms with Crippen LogP contribution in [0.2, 0.25) is 0 Å². The Balaban J connectivity index is 2.91. The first-order valence-electron chi connectivity index (χ1n) is 4.48. The molecule has 0 atom stereocenters. The van der Waals surface area contributed by atoms with Gasteiger partial charge in [0.2, 0.25) is 0 Å². The molecule has 0 bridgehead atoms. The van der Waals surface area contributed by atoms with Gasteiger partial charge in [-0.25, -0.2) is 0 Å². The first-order valence-corrected chi connectivity index (χ1v) is 4.48. The van der Waals surface area contributed by atoms with Crippen molar-refractivity contribution in [3.05, 3.63) is 66.4 Å². The summed E-state index contributed by atoms with van der Waals surface area (Å²) >= 11 is 0. The van der Waals surface area contributed by atoms with Crippen molar-refractivity contribution in [2.45, 2.75) is 6.92 Å². The second kappa shape index (κ2) is 4.47. The smallest absolute Gasteiger partial charge is 0.0308 e. The Labute approximate surface area is 85.3 Å². The van der Waals surface area contributed by atoms with E-state index < -0.39 is 0 Å². The average Bonchev–Trinajstić information content (AvgIpc) is 2.19. The number of nitrogens with two attached hydrogens (primary N) is 1. The second-order valence-electron chi connectivity index (χ2n) is 3.24. The molecule has 0 radical (unpaired) electrons. The Bertz CT molecular complexity index is 371. The van der Waals surface area contributed by atoms with E-state index in [1.54, 1.807) is 0 Å². The van der Waals surface area contributed by atoms with Crippen molar-refractivity contribution in [2.75, 3.05) is 0 Å². The van der Waals surface area contributed by atoms with Crippen LogP contribution < -0.4 is 5.73 Å². The molecule has 1 heteroatoms. The minimum absolute atomic E-state index is 0.514. The fourth-order valence-corrected chi connectivity index (χ4v) is 1.14. The third-order valence-electron chi connectivity index (χ3n) is 2.03. The number of hydrogen-bond acceptors (Lipinski definition) is 1. The maximum atomic E-state index is 5.52. The zero-order valence-corrected chi connectivity index (χ0v) is 8.46. The van der Waals surface area contributed by atoms with Crippen LogP contribution in [0.5, 0.6) is 0 Å². The Morgan fingerprint density at radius 1 is 1.21 bits per heavy atom. The highest BCUT2D eigenvalue weighted by Gasteiger charge is 1.95. The molecule has 0 amide bonds.